The molecule has 0 aliphatic heterocycles. The minimum atomic E-state index is 0.854. The van der Waals surface area contributed by atoms with Crippen molar-refractivity contribution in [2.45, 2.75) is 46.0 Å². The minimum absolute atomic E-state index is 0.854. The third-order valence-corrected chi connectivity index (χ3v) is 3.32. The van der Waals surface area contributed by atoms with Gasteiger partial charge in [0.05, 0.1) is 0 Å². The third kappa shape index (κ3) is 6.42. The van der Waals surface area contributed by atoms with Crippen LogP contribution in [-0.4, -0.2) is 18.1 Å². The van der Waals surface area contributed by atoms with Crippen LogP contribution in [0, 0.1) is 5.92 Å². The topological polar surface area (TPSA) is 24.9 Å². The largest absolute Gasteiger partial charge is 0.316 e. The van der Waals surface area contributed by atoms with Crippen molar-refractivity contribution < 1.29 is 0 Å². The second kappa shape index (κ2) is 9.17. The van der Waals surface area contributed by atoms with Crippen LogP contribution in [0.15, 0.2) is 24.5 Å². The van der Waals surface area contributed by atoms with Gasteiger partial charge in [0.1, 0.15) is 0 Å². The Kier molecular flexibility index (Phi) is 7.65. The SMILES string of the molecule is CCCCC(CC)CNCCc1ccncc1. The fourth-order valence-electron chi connectivity index (χ4n) is 2.03. The van der Waals surface area contributed by atoms with Crippen LogP contribution >= 0.6 is 0 Å². The van der Waals surface area contributed by atoms with E-state index in [0.717, 1.165) is 18.9 Å². The van der Waals surface area contributed by atoms with Crippen molar-refractivity contribution in [2.24, 2.45) is 5.92 Å². The van der Waals surface area contributed by atoms with Crippen LogP contribution in [0.25, 0.3) is 0 Å². The van der Waals surface area contributed by atoms with Gasteiger partial charge in [0, 0.05) is 12.4 Å². The molecule has 0 saturated heterocycles. The monoisotopic (exact) mass is 234 g/mol. The highest BCUT2D eigenvalue weighted by atomic mass is 14.9. The van der Waals surface area contributed by atoms with Gasteiger partial charge in [-0.2, -0.15) is 0 Å². The lowest BCUT2D eigenvalue weighted by molar-refractivity contribution is 0.421. The van der Waals surface area contributed by atoms with E-state index in [-0.39, 0.29) is 0 Å². The van der Waals surface area contributed by atoms with Gasteiger partial charge in [-0.3, -0.25) is 4.98 Å². The molecule has 1 N–H and O–H groups in total. The molecule has 0 aliphatic rings. The van der Waals surface area contributed by atoms with E-state index in [4.69, 9.17) is 0 Å². The van der Waals surface area contributed by atoms with Crippen LogP contribution in [0.4, 0.5) is 0 Å². The second-order valence-electron chi connectivity index (χ2n) is 4.73. The number of nitrogens with one attached hydrogen (secondary N) is 1. The summed E-state index contributed by atoms with van der Waals surface area (Å²) in [6, 6.07) is 4.19. The summed E-state index contributed by atoms with van der Waals surface area (Å²) in [5.41, 5.74) is 1.37. The van der Waals surface area contributed by atoms with Crippen LogP contribution in [0.2, 0.25) is 0 Å². The van der Waals surface area contributed by atoms with E-state index < -0.39 is 0 Å². The van der Waals surface area contributed by atoms with Crippen LogP contribution in [0.5, 0.6) is 0 Å². The van der Waals surface area contributed by atoms with Crippen molar-refractivity contribution in [2.75, 3.05) is 13.1 Å². The number of unbranched alkanes of at least 4 members (excludes halogenated alkanes) is 1. The Balaban J connectivity index is 2.10. The van der Waals surface area contributed by atoms with Crippen molar-refractivity contribution in [1.82, 2.24) is 10.3 Å². The van der Waals surface area contributed by atoms with Crippen LogP contribution < -0.4 is 5.32 Å². The summed E-state index contributed by atoms with van der Waals surface area (Å²) in [6.07, 6.45) is 10.2. The van der Waals surface area contributed by atoms with Gasteiger partial charge in [-0.1, -0.05) is 33.1 Å². The molecule has 0 fully saturated rings. The molecule has 1 aromatic rings. The molecule has 2 heteroatoms. The molecule has 0 spiro atoms. The molecule has 1 rings (SSSR count). The predicted octanol–water partition coefficient (Wildman–Crippen LogP) is 3.43. The lowest BCUT2D eigenvalue weighted by atomic mass is 9.99. The number of pyridine rings is 1. The highest BCUT2D eigenvalue weighted by molar-refractivity contribution is 5.09. The Labute approximate surface area is 106 Å². The van der Waals surface area contributed by atoms with Gasteiger partial charge in [-0.15, -0.1) is 0 Å². The molecular weight excluding hydrogens is 208 g/mol. The lowest BCUT2D eigenvalue weighted by Crippen LogP contribution is -2.24. The van der Waals surface area contributed by atoms with Crippen LogP contribution in [0.1, 0.15) is 45.1 Å². The fraction of sp³-hybridized carbons (Fsp3) is 0.667. The van der Waals surface area contributed by atoms with Gasteiger partial charge in [0.15, 0.2) is 0 Å². The molecule has 0 amide bonds. The quantitative estimate of drug-likeness (QED) is 0.662. The molecule has 0 saturated carbocycles. The number of hydrogen-bond donors (Lipinski definition) is 1. The summed E-state index contributed by atoms with van der Waals surface area (Å²) < 4.78 is 0. The Morgan fingerprint density at radius 3 is 2.65 bits per heavy atom. The zero-order valence-electron chi connectivity index (χ0n) is 11.3. The molecule has 96 valence electrons. The first-order valence-corrected chi connectivity index (χ1v) is 6.96. The van der Waals surface area contributed by atoms with E-state index in [9.17, 15) is 0 Å². The fourth-order valence-corrected chi connectivity index (χ4v) is 2.03. The second-order valence-corrected chi connectivity index (χ2v) is 4.73. The van der Waals surface area contributed by atoms with E-state index in [1.165, 1.54) is 37.8 Å². The van der Waals surface area contributed by atoms with Gasteiger partial charge >= 0.3 is 0 Å². The number of hydrogen-bond acceptors (Lipinski definition) is 2. The molecular formula is C15H26N2. The van der Waals surface area contributed by atoms with E-state index in [2.05, 4.69) is 36.3 Å². The van der Waals surface area contributed by atoms with E-state index in [1.54, 1.807) is 0 Å². The van der Waals surface area contributed by atoms with E-state index in [0.29, 0.717) is 0 Å². The summed E-state index contributed by atoms with van der Waals surface area (Å²) in [7, 11) is 0. The maximum Gasteiger partial charge on any atom is 0.0270 e. The average molecular weight is 234 g/mol. The molecule has 1 heterocycles. The van der Waals surface area contributed by atoms with Crippen LogP contribution in [-0.2, 0) is 6.42 Å². The Hall–Kier alpha value is -0.890. The highest BCUT2D eigenvalue weighted by Gasteiger charge is 2.04. The van der Waals surface area contributed by atoms with Gasteiger partial charge in [-0.25, -0.2) is 0 Å². The maximum atomic E-state index is 4.03. The average Bonchev–Trinajstić information content (AvgIpc) is 2.39. The summed E-state index contributed by atoms with van der Waals surface area (Å²) >= 11 is 0. The number of rotatable bonds is 9. The van der Waals surface area contributed by atoms with Crippen molar-refractivity contribution in [3.8, 4) is 0 Å². The first-order valence-electron chi connectivity index (χ1n) is 6.96. The minimum Gasteiger partial charge on any atom is -0.316 e. The normalized spacial score (nSPS) is 12.6. The zero-order chi connectivity index (χ0) is 12.3. The molecule has 0 aromatic carbocycles. The van der Waals surface area contributed by atoms with Crippen molar-refractivity contribution in [3.63, 3.8) is 0 Å². The molecule has 0 bridgehead atoms. The molecule has 0 radical (unpaired) electrons. The van der Waals surface area contributed by atoms with Crippen molar-refractivity contribution >= 4 is 0 Å². The van der Waals surface area contributed by atoms with Gasteiger partial charge in [0.2, 0.25) is 0 Å². The first kappa shape index (κ1) is 14.2. The predicted molar refractivity (Wildman–Crippen MR) is 74.1 cm³/mol. The Morgan fingerprint density at radius 2 is 2.00 bits per heavy atom. The zero-order valence-corrected chi connectivity index (χ0v) is 11.3. The number of nitrogens with zero attached hydrogens (tertiary/aromatic N) is 1. The Morgan fingerprint density at radius 1 is 1.24 bits per heavy atom. The van der Waals surface area contributed by atoms with E-state index >= 15 is 0 Å². The summed E-state index contributed by atoms with van der Waals surface area (Å²) in [4.78, 5) is 4.03. The molecule has 1 aromatic heterocycles. The van der Waals surface area contributed by atoms with Gasteiger partial charge in [-0.05, 0) is 49.5 Å². The summed E-state index contributed by atoms with van der Waals surface area (Å²) in [5, 5.41) is 3.57. The van der Waals surface area contributed by atoms with E-state index in [1.807, 2.05) is 12.4 Å². The summed E-state index contributed by atoms with van der Waals surface area (Å²) in [6.45, 7) is 6.81. The first-order chi connectivity index (χ1) is 8.36. The van der Waals surface area contributed by atoms with Crippen molar-refractivity contribution in [3.05, 3.63) is 30.1 Å². The third-order valence-electron chi connectivity index (χ3n) is 3.32. The van der Waals surface area contributed by atoms with Crippen LogP contribution in [0.3, 0.4) is 0 Å². The summed E-state index contributed by atoms with van der Waals surface area (Å²) in [5.74, 6) is 0.854. The molecule has 1 atom stereocenters. The lowest BCUT2D eigenvalue weighted by Gasteiger charge is -2.15. The van der Waals surface area contributed by atoms with Crippen molar-refractivity contribution in [1.29, 1.82) is 0 Å². The smallest absolute Gasteiger partial charge is 0.0270 e. The standard InChI is InChI=1S/C15H26N2/c1-3-5-6-14(4-2)13-17-12-9-15-7-10-16-11-8-15/h7-8,10-11,14,17H,3-6,9,12-13H2,1-2H3. The van der Waals surface area contributed by atoms with Gasteiger partial charge < -0.3 is 5.32 Å². The Bertz CT molecular complexity index is 272. The number of aromatic nitrogens is 1. The maximum absolute atomic E-state index is 4.03. The molecule has 0 aliphatic carbocycles. The highest BCUT2D eigenvalue weighted by Crippen LogP contribution is 2.11. The molecule has 17 heavy (non-hydrogen) atoms. The van der Waals surface area contributed by atoms with Gasteiger partial charge in [0.25, 0.3) is 0 Å². The molecule has 2 nitrogen and oxygen atoms in total. The molecule has 1 unspecified atom stereocenters.